The van der Waals surface area contributed by atoms with Crippen molar-refractivity contribution in [2.24, 2.45) is 5.92 Å². The fourth-order valence-electron chi connectivity index (χ4n) is 4.33. The lowest BCUT2D eigenvalue weighted by molar-refractivity contribution is 0.0528. The first-order chi connectivity index (χ1) is 17.3. The van der Waals surface area contributed by atoms with E-state index in [2.05, 4.69) is 5.32 Å². The summed E-state index contributed by atoms with van der Waals surface area (Å²) in [6, 6.07) is 15.7. The minimum Gasteiger partial charge on any atom is -0.462 e. The van der Waals surface area contributed by atoms with Crippen LogP contribution in [0.5, 0.6) is 0 Å². The Bertz CT molecular complexity index is 1340. The third-order valence-corrected chi connectivity index (χ3v) is 8.98. The zero-order valence-electron chi connectivity index (χ0n) is 20.4. The molecule has 1 aliphatic heterocycles. The third kappa shape index (κ3) is 5.69. The number of carbonyl (C=O) groups is 2. The molecule has 0 aliphatic carbocycles. The molecule has 0 saturated carbocycles. The molecule has 3 aromatic rings. The highest BCUT2D eigenvalue weighted by Gasteiger charge is 2.29. The van der Waals surface area contributed by atoms with Gasteiger partial charge in [0.15, 0.2) is 5.78 Å². The van der Waals surface area contributed by atoms with Gasteiger partial charge in [-0.05, 0) is 43.4 Å². The van der Waals surface area contributed by atoms with E-state index in [-0.39, 0.29) is 23.8 Å². The topological polar surface area (TPSA) is 92.8 Å². The van der Waals surface area contributed by atoms with Crippen LogP contribution in [0.3, 0.4) is 0 Å². The van der Waals surface area contributed by atoms with E-state index in [1.165, 1.54) is 27.8 Å². The van der Waals surface area contributed by atoms with Gasteiger partial charge in [-0.3, -0.25) is 4.79 Å². The third-order valence-electron chi connectivity index (χ3n) is 6.18. The Morgan fingerprint density at radius 1 is 1.14 bits per heavy atom. The average Bonchev–Trinajstić information content (AvgIpc) is 3.32. The second-order valence-electron chi connectivity index (χ2n) is 8.86. The Morgan fingerprint density at radius 2 is 1.92 bits per heavy atom. The number of Topliss-reactive ketones (excluding diaryl/α,β-unsaturated/α-hetero) is 1. The van der Waals surface area contributed by atoms with E-state index in [0.29, 0.717) is 35.1 Å². The van der Waals surface area contributed by atoms with Crippen molar-refractivity contribution >= 4 is 38.1 Å². The molecular formula is C27H30N2O5S2. The minimum atomic E-state index is -3.67. The first kappa shape index (κ1) is 26.1. The van der Waals surface area contributed by atoms with E-state index in [1.807, 2.05) is 42.6 Å². The molecular weight excluding hydrogens is 496 g/mol. The zero-order chi connectivity index (χ0) is 25.7. The van der Waals surface area contributed by atoms with E-state index in [0.717, 1.165) is 24.0 Å². The normalized spacial score (nSPS) is 16.4. The largest absolute Gasteiger partial charge is 0.462 e. The molecule has 0 amide bonds. The van der Waals surface area contributed by atoms with Gasteiger partial charge in [-0.2, -0.15) is 4.31 Å². The molecule has 0 bridgehead atoms. The fourth-order valence-corrected chi connectivity index (χ4v) is 6.93. The summed E-state index contributed by atoms with van der Waals surface area (Å²) in [7, 11) is -3.67. The lowest BCUT2D eigenvalue weighted by Crippen LogP contribution is -2.39. The maximum Gasteiger partial charge on any atom is 0.341 e. The van der Waals surface area contributed by atoms with Crippen LogP contribution in [-0.4, -0.2) is 50.7 Å². The predicted octanol–water partition coefficient (Wildman–Crippen LogP) is 5.31. The molecule has 4 rings (SSSR count). The Hall–Kier alpha value is -3.01. The van der Waals surface area contributed by atoms with Crippen LogP contribution in [0.15, 0.2) is 64.9 Å². The molecule has 1 aromatic heterocycles. The van der Waals surface area contributed by atoms with Crippen molar-refractivity contribution in [1.29, 1.82) is 0 Å². The van der Waals surface area contributed by atoms with Gasteiger partial charge in [-0.15, -0.1) is 11.3 Å². The van der Waals surface area contributed by atoms with E-state index in [1.54, 1.807) is 19.1 Å². The molecule has 1 atom stereocenters. The van der Waals surface area contributed by atoms with Gasteiger partial charge in [0.25, 0.3) is 0 Å². The van der Waals surface area contributed by atoms with Gasteiger partial charge in [0.1, 0.15) is 10.6 Å². The van der Waals surface area contributed by atoms with Crippen molar-refractivity contribution in [2.45, 2.75) is 31.6 Å². The number of ketones is 1. The highest BCUT2D eigenvalue weighted by atomic mass is 32.2. The molecule has 1 unspecified atom stereocenters. The molecule has 9 heteroatoms. The maximum absolute atomic E-state index is 13.2. The van der Waals surface area contributed by atoms with Crippen molar-refractivity contribution in [1.82, 2.24) is 4.31 Å². The molecule has 0 spiro atoms. The van der Waals surface area contributed by atoms with Gasteiger partial charge >= 0.3 is 5.97 Å². The van der Waals surface area contributed by atoms with Gasteiger partial charge < -0.3 is 10.1 Å². The molecule has 36 heavy (non-hydrogen) atoms. The summed E-state index contributed by atoms with van der Waals surface area (Å²) in [5.74, 6) is -0.428. The monoisotopic (exact) mass is 526 g/mol. The van der Waals surface area contributed by atoms with Crippen LogP contribution in [0.25, 0.3) is 11.1 Å². The molecule has 1 fully saturated rings. The molecule has 7 nitrogen and oxygen atoms in total. The SMILES string of the molecule is CCOC(=O)c1c(-c2ccccc2)csc1NCC(=O)c1cccc(S(=O)(=O)N2CCCC(C)C2)c1. The molecule has 0 radical (unpaired) electrons. The number of carbonyl (C=O) groups excluding carboxylic acids is 2. The highest BCUT2D eigenvalue weighted by Crippen LogP contribution is 2.36. The summed E-state index contributed by atoms with van der Waals surface area (Å²) in [4.78, 5) is 25.9. The Morgan fingerprint density at radius 3 is 2.64 bits per heavy atom. The Balaban J connectivity index is 1.53. The lowest BCUT2D eigenvalue weighted by Gasteiger charge is -2.30. The van der Waals surface area contributed by atoms with E-state index in [4.69, 9.17) is 4.74 Å². The van der Waals surface area contributed by atoms with Crippen LogP contribution in [0.4, 0.5) is 5.00 Å². The number of hydrogen-bond donors (Lipinski definition) is 1. The van der Waals surface area contributed by atoms with Crippen molar-refractivity contribution in [3.63, 3.8) is 0 Å². The van der Waals surface area contributed by atoms with Crippen molar-refractivity contribution in [3.05, 3.63) is 71.1 Å². The number of thiophene rings is 1. The van der Waals surface area contributed by atoms with E-state index < -0.39 is 16.0 Å². The first-order valence-corrected chi connectivity index (χ1v) is 14.3. The molecule has 190 valence electrons. The van der Waals surface area contributed by atoms with Crippen LogP contribution in [0, 0.1) is 5.92 Å². The number of nitrogens with one attached hydrogen (secondary N) is 1. The quantitative estimate of drug-likeness (QED) is 0.300. The number of piperidine rings is 1. The van der Waals surface area contributed by atoms with Crippen LogP contribution in [0.1, 0.15) is 47.4 Å². The first-order valence-electron chi connectivity index (χ1n) is 12.0. The van der Waals surface area contributed by atoms with Gasteiger partial charge in [-0.25, -0.2) is 13.2 Å². The number of nitrogens with zero attached hydrogens (tertiary/aromatic N) is 1. The summed E-state index contributed by atoms with van der Waals surface area (Å²) >= 11 is 1.32. The lowest BCUT2D eigenvalue weighted by atomic mass is 10.0. The minimum absolute atomic E-state index is 0.0919. The highest BCUT2D eigenvalue weighted by molar-refractivity contribution is 7.89. The van der Waals surface area contributed by atoms with Crippen LogP contribution < -0.4 is 5.32 Å². The Labute approximate surface area is 216 Å². The van der Waals surface area contributed by atoms with E-state index in [9.17, 15) is 18.0 Å². The number of esters is 1. The van der Waals surface area contributed by atoms with Gasteiger partial charge in [0.05, 0.1) is 18.0 Å². The van der Waals surface area contributed by atoms with Crippen molar-refractivity contribution in [2.75, 3.05) is 31.6 Å². The van der Waals surface area contributed by atoms with E-state index >= 15 is 0 Å². The van der Waals surface area contributed by atoms with Crippen LogP contribution in [0.2, 0.25) is 0 Å². The molecule has 1 aliphatic rings. The molecule has 2 aromatic carbocycles. The predicted molar refractivity (Wildman–Crippen MR) is 142 cm³/mol. The number of sulfonamides is 1. The number of benzene rings is 2. The van der Waals surface area contributed by atoms with Crippen molar-refractivity contribution < 1.29 is 22.7 Å². The second-order valence-corrected chi connectivity index (χ2v) is 11.7. The van der Waals surface area contributed by atoms with Crippen molar-refractivity contribution in [3.8, 4) is 11.1 Å². The standard InChI is InChI=1S/C27H30N2O5S2/c1-3-34-27(31)25-23(20-10-5-4-6-11-20)18-35-26(25)28-16-24(30)21-12-7-13-22(15-21)36(32,33)29-14-8-9-19(2)17-29/h4-7,10-13,15,18-19,28H,3,8-9,14,16-17H2,1-2H3. The summed E-state index contributed by atoms with van der Waals surface area (Å²) < 4.78 is 33.1. The number of rotatable bonds is 9. The molecule has 2 heterocycles. The Kier molecular flexibility index (Phi) is 8.23. The molecule has 1 saturated heterocycles. The van der Waals surface area contributed by atoms with Gasteiger partial charge in [-0.1, -0.05) is 49.4 Å². The summed E-state index contributed by atoms with van der Waals surface area (Å²) in [5.41, 5.74) is 2.29. The maximum atomic E-state index is 13.2. The second kappa shape index (κ2) is 11.4. The summed E-state index contributed by atoms with van der Waals surface area (Å²) in [5, 5.41) is 5.47. The van der Waals surface area contributed by atoms with Gasteiger partial charge in [0, 0.05) is 29.6 Å². The average molecular weight is 527 g/mol. The summed E-state index contributed by atoms with van der Waals surface area (Å²) in [6.45, 7) is 4.91. The van der Waals surface area contributed by atoms with Gasteiger partial charge in [0.2, 0.25) is 10.0 Å². The number of anilines is 1. The summed E-state index contributed by atoms with van der Waals surface area (Å²) in [6.07, 6.45) is 1.84. The molecule has 1 N–H and O–H groups in total. The van der Waals surface area contributed by atoms with Crippen LogP contribution >= 0.6 is 11.3 Å². The smallest absolute Gasteiger partial charge is 0.341 e. The zero-order valence-corrected chi connectivity index (χ0v) is 22.0. The number of hydrogen-bond acceptors (Lipinski definition) is 7. The van der Waals surface area contributed by atoms with Crippen LogP contribution in [-0.2, 0) is 14.8 Å². The number of ether oxygens (including phenoxy) is 1. The fraction of sp³-hybridized carbons (Fsp3) is 0.333.